The van der Waals surface area contributed by atoms with Crippen LogP contribution in [0.2, 0.25) is 0 Å². The predicted octanol–water partition coefficient (Wildman–Crippen LogP) is 3.72. The maximum atomic E-state index is 12.1. The standard InChI is InChI=1S/C19H19NO6/c1-25-17-11-10-13(12-15(17)21)16(8-5-9-18(22)23)26-19(24)20-14-6-3-2-4-7-14/h2-7,9-12,16,21H,8H2,1H3,(H,20,24)(H,22,23)/b9-5+/t16-/m1/s1. The smallest absolute Gasteiger partial charge is 0.412 e. The summed E-state index contributed by atoms with van der Waals surface area (Å²) in [6.45, 7) is 0. The molecule has 3 N–H and O–H groups in total. The number of carboxylic acid groups (broad SMARTS) is 1. The van der Waals surface area contributed by atoms with Crippen LogP contribution in [0.3, 0.4) is 0 Å². The summed E-state index contributed by atoms with van der Waals surface area (Å²) in [5.74, 6) is -0.929. The third-order valence-electron chi connectivity index (χ3n) is 3.45. The Hall–Kier alpha value is -3.48. The average Bonchev–Trinajstić information content (AvgIpc) is 2.61. The summed E-state index contributed by atoms with van der Waals surface area (Å²) in [7, 11) is 1.42. The van der Waals surface area contributed by atoms with Crippen molar-refractivity contribution in [3.8, 4) is 11.5 Å². The molecule has 7 nitrogen and oxygen atoms in total. The molecule has 0 bridgehead atoms. The Morgan fingerprint density at radius 1 is 1.19 bits per heavy atom. The van der Waals surface area contributed by atoms with Gasteiger partial charge >= 0.3 is 12.1 Å². The van der Waals surface area contributed by atoms with Crippen molar-refractivity contribution in [2.75, 3.05) is 12.4 Å². The molecule has 1 atom stereocenters. The molecule has 0 unspecified atom stereocenters. The number of aromatic hydroxyl groups is 1. The predicted molar refractivity (Wildman–Crippen MR) is 95.3 cm³/mol. The summed E-state index contributed by atoms with van der Waals surface area (Å²) >= 11 is 0. The van der Waals surface area contributed by atoms with Crippen molar-refractivity contribution < 1.29 is 29.3 Å². The Labute approximate surface area is 150 Å². The van der Waals surface area contributed by atoms with Gasteiger partial charge in [-0.15, -0.1) is 0 Å². The summed E-state index contributed by atoms with van der Waals surface area (Å²) in [5.41, 5.74) is 1.07. The number of hydrogen-bond acceptors (Lipinski definition) is 5. The Bertz CT molecular complexity index is 788. The van der Waals surface area contributed by atoms with Gasteiger partial charge < -0.3 is 19.7 Å². The molecule has 0 saturated carbocycles. The third-order valence-corrected chi connectivity index (χ3v) is 3.45. The Balaban J connectivity index is 2.16. The Kier molecular flexibility index (Phi) is 6.61. The molecule has 0 aromatic heterocycles. The molecule has 0 radical (unpaired) electrons. The number of rotatable bonds is 7. The first-order valence-corrected chi connectivity index (χ1v) is 7.78. The van der Waals surface area contributed by atoms with Crippen molar-refractivity contribution in [3.63, 3.8) is 0 Å². The van der Waals surface area contributed by atoms with E-state index in [9.17, 15) is 14.7 Å². The van der Waals surface area contributed by atoms with E-state index >= 15 is 0 Å². The molecule has 26 heavy (non-hydrogen) atoms. The van der Waals surface area contributed by atoms with Gasteiger partial charge in [-0.2, -0.15) is 0 Å². The molecule has 2 aromatic rings. The fourth-order valence-electron chi connectivity index (χ4n) is 2.25. The number of nitrogens with one attached hydrogen (secondary N) is 1. The van der Waals surface area contributed by atoms with Crippen molar-refractivity contribution >= 4 is 17.7 Å². The van der Waals surface area contributed by atoms with Crippen LogP contribution in [-0.4, -0.2) is 29.4 Å². The molecular formula is C19H19NO6. The molecule has 0 heterocycles. The minimum atomic E-state index is -1.10. The minimum Gasteiger partial charge on any atom is -0.504 e. The first-order valence-electron chi connectivity index (χ1n) is 7.78. The van der Waals surface area contributed by atoms with E-state index in [0.717, 1.165) is 6.08 Å². The van der Waals surface area contributed by atoms with Crippen molar-refractivity contribution in [3.05, 3.63) is 66.2 Å². The van der Waals surface area contributed by atoms with Crippen molar-refractivity contribution in [1.29, 1.82) is 0 Å². The van der Waals surface area contributed by atoms with E-state index in [1.807, 2.05) is 6.07 Å². The van der Waals surface area contributed by atoms with E-state index in [2.05, 4.69) is 5.32 Å². The van der Waals surface area contributed by atoms with E-state index in [4.69, 9.17) is 14.6 Å². The molecule has 0 aliphatic rings. The second-order valence-electron chi connectivity index (χ2n) is 5.29. The molecule has 0 saturated heterocycles. The first kappa shape index (κ1) is 18.9. The highest BCUT2D eigenvalue weighted by Crippen LogP contribution is 2.31. The van der Waals surface area contributed by atoms with E-state index < -0.39 is 18.2 Å². The number of amides is 1. The number of para-hydroxylation sites is 1. The van der Waals surface area contributed by atoms with Gasteiger partial charge in [0.15, 0.2) is 11.5 Å². The van der Waals surface area contributed by atoms with Gasteiger partial charge in [-0.1, -0.05) is 30.3 Å². The number of carbonyl (C=O) groups is 2. The molecule has 7 heteroatoms. The Morgan fingerprint density at radius 3 is 2.54 bits per heavy atom. The maximum Gasteiger partial charge on any atom is 0.412 e. The number of aliphatic carboxylic acids is 1. The number of hydrogen-bond donors (Lipinski definition) is 3. The molecule has 2 rings (SSSR count). The minimum absolute atomic E-state index is 0.107. The first-order chi connectivity index (χ1) is 12.5. The van der Waals surface area contributed by atoms with Crippen LogP contribution in [0, 0.1) is 0 Å². The van der Waals surface area contributed by atoms with Crippen LogP contribution in [0.1, 0.15) is 18.1 Å². The van der Waals surface area contributed by atoms with Crippen LogP contribution < -0.4 is 10.1 Å². The largest absolute Gasteiger partial charge is 0.504 e. The van der Waals surface area contributed by atoms with Gasteiger partial charge in [0.1, 0.15) is 6.10 Å². The highest BCUT2D eigenvalue weighted by molar-refractivity contribution is 5.84. The second-order valence-corrected chi connectivity index (χ2v) is 5.29. The van der Waals surface area contributed by atoms with E-state index in [1.54, 1.807) is 30.3 Å². The summed E-state index contributed by atoms with van der Waals surface area (Å²) in [4.78, 5) is 22.8. The lowest BCUT2D eigenvalue weighted by Crippen LogP contribution is -2.17. The van der Waals surface area contributed by atoms with Crippen molar-refractivity contribution in [2.45, 2.75) is 12.5 Å². The average molecular weight is 357 g/mol. The lowest BCUT2D eigenvalue weighted by Gasteiger charge is -2.18. The van der Waals surface area contributed by atoms with Crippen molar-refractivity contribution in [2.24, 2.45) is 0 Å². The summed E-state index contributed by atoms with van der Waals surface area (Å²) in [6, 6.07) is 13.3. The lowest BCUT2D eigenvalue weighted by atomic mass is 10.1. The number of anilines is 1. The fourth-order valence-corrected chi connectivity index (χ4v) is 2.25. The molecule has 0 fully saturated rings. The Morgan fingerprint density at radius 2 is 1.92 bits per heavy atom. The van der Waals surface area contributed by atoms with Crippen LogP contribution in [0.25, 0.3) is 0 Å². The van der Waals surface area contributed by atoms with E-state index in [-0.39, 0.29) is 17.9 Å². The van der Waals surface area contributed by atoms with Crippen LogP contribution in [0.4, 0.5) is 10.5 Å². The zero-order valence-corrected chi connectivity index (χ0v) is 14.1. The van der Waals surface area contributed by atoms with Gasteiger partial charge in [0.25, 0.3) is 0 Å². The normalized spacial score (nSPS) is 11.7. The SMILES string of the molecule is COc1ccc([C@@H](C/C=C/C(=O)O)OC(=O)Nc2ccccc2)cc1O. The zero-order valence-electron chi connectivity index (χ0n) is 14.1. The monoisotopic (exact) mass is 357 g/mol. The molecule has 0 spiro atoms. The molecule has 136 valence electrons. The van der Waals surface area contributed by atoms with Gasteiger partial charge in [0.2, 0.25) is 0 Å². The number of phenolic OH excluding ortho intramolecular Hbond substituents is 1. The van der Waals surface area contributed by atoms with E-state index in [0.29, 0.717) is 11.3 Å². The highest BCUT2D eigenvalue weighted by atomic mass is 16.6. The van der Waals surface area contributed by atoms with Crippen LogP contribution in [0.5, 0.6) is 11.5 Å². The summed E-state index contributed by atoms with van der Waals surface area (Å²) in [5, 5.41) is 21.2. The van der Waals surface area contributed by atoms with Gasteiger partial charge in [0.05, 0.1) is 7.11 Å². The maximum absolute atomic E-state index is 12.1. The van der Waals surface area contributed by atoms with Crippen LogP contribution in [-0.2, 0) is 9.53 Å². The number of ether oxygens (including phenoxy) is 2. The molecule has 1 amide bonds. The fraction of sp³-hybridized carbons (Fsp3) is 0.158. The number of methoxy groups -OCH3 is 1. The van der Waals surface area contributed by atoms with Crippen LogP contribution >= 0.6 is 0 Å². The van der Waals surface area contributed by atoms with Gasteiger partial charge in [-0.3, -0.25) is 5.32 Å². The topological polar surface area (TPSA) is 105 Å². The van der Waals surface area contributed by atoms with E-state index in [1.165, 1.54) is 25.3 Å². The van der Waals surface area contributed by atoms with Gasteiger partial charge in [0, 0.05) is 18.2 Å². The number of carbonyl (C=O) groups excluding carboxylic acids is 1. The van der Waals surface area contributed by atoms with Crippen molar-refractivity contribution in [1.82, 2.24) is 0 Å². The lowest BCUT2D eigenvalue weighted by molar-refractivity contribution is -0.131. The van der Waals surface area contributed by atoms with Crippen LogP contribution in [0.15, 0.2) is 60.7 Å². The highest BCUT2D eigenvalue weighted by Gasteiger charge is 2.18. The zero-order chi connectivity index (χ0) is 18.9. The quantitative estimate of drug-likeness (QED) is 0.652. The number of benzene rings is 2. The summed E-state index contributed by atoms with van der Waals surface area (Å²) in [6.07, 6.45) is 0.991. The van der Waals surface area contributed by atoms with Gasteiger partial charge in [-0.25, -0.2) is 9.59 Å². The van der Waals surface area contributed by atoms with Gasteiger partial charge in [-0.05, 0) is 29.8 Å². The number of phenols is 1. The number of carboxylic acids is 1. The molecule has 0 aliphatic carbocycles. The summed E-state index contributed by atoms with van der Waals surface area (Å²) < 4.78 is 10.4. The molecule has 0 aliphatic heterocycles. The molecular weight excluding hydrogens is 338 g/mol. The second kappa shape index (κ2) is 9.12. The molecule has 2 aromatic carbocycles. The third kappa shape index (κ3) is 5.55.